The molecule has 0 fully saturated rings. The van der Waals surface area contributed by atoms with Gasteiger partial charge in [-0.15, -0.1) is 0 Å². The lowest BCUT2D eigenvalue weighted by Gasteiger charge is -2.23. The molecule has 1 atom stereocenters. The van der Waals surface area contributed by atoms with E-state index in [2.05, 4.69) is 24.5 Å². The summed E-state index contributed by atoms with van der Waals surface area (Å²) in [6.45, 7) is 4.22. The Bertz CT molecular complexity index is 916. The fourth-order valence-corrected chi connectivity index (χ4v) is 3.86. The van der Waals surface area contributed by atoms with Crippen LogP contribution in [0.4, 0.5) is 5.69 Å². The summed E-state index contributed by atoms with van der Waals surface area (Å²) in [6, 6.07) is 14.2. The van der Waals surface area contributed by atoms with Crippen molar-refractivity contribution in [2.75, 3.05) is 26.0 Å². The van der Waals surface area contributed by atoms with Crippen molar-refractivity contribution >= 4 is 33.2 Å². The van der Waals surface area contributed by atoms with Crippen molar-refractivity contribution in [3.05, 3.63) is 59.1 Å². The molecule has 1 amide bonds. The van der Waals surface area contributed by atoms with Gasteiger partial charge in [-0.1, -0.05) is 55.8 Å². The van der Waals surface area contributed by atoms with Crippen molar-refractivity contribution in [3.63, 3.8) is 0 Å². The second kappa shape index (κ2) is 9.52. The summed E-state index contributed by atoms with van der Waals surface area (Å²) in [7, 11) is -0.725. The third-order valence-corrected chi connectivity index (χ3v) is 6.44. The molecule has 0 saturated carbocycles. The van der Waals surface area contributed by atoms with Crippen molar-refractivity contribution < 1.29 is 13.2 Å². The summed E-state index contributed by atoms with van der Waals surface area (Å²) in [5.41, 5.74) is 1.36. The van der Waals surface area contributed by atoms with Crippen LogP contribution in [0.25, 0.3) is 0 Å². The van der Waals surface area contributed by atoms with E-state index in [-0.39, 0.29) is 40.0 Å². The van der Waals surface area contributed by atoms with Crippen molar-refractivity contribution in [3.8, 4) is 0 Å². The predicted molar refractivity (Wildman–Crippen MR) is 113 cm³/mol. The first-order valence-corrected chi connectivity index (χ1v) is 10.7. The number of carbonyl (C=O) groups excluding carboxylic acids is 1. The molecule has 0 aliphatic rings. The van der Waals surface area contributed by atoms with Crippen molar-refractivity contribution in [2.45, 2.75) is 24.8 Å². The zero-order chi connectivity index (χ0) is 20.9. The molecular weight excluding hydrogens is 398 g/mol. The standard InChI is InChI=1S/C20H26ClN3O3S/c1-14(2)20(15-8-6-5-7-9-15)22-13-19(25)23-18-12-16(10-11-17(18)21)28(26,27)24(3)4/h5-12,14,20,22H,13H2,1-4H3,(H,23,25)/t20-/m0/s1. The number of halogens is 1. The fourth-order valence-electron chi connectivity index (χ4n) is 2.77. The average molecular weight is 424 g/mol. The van der Waals surface area contributed by atoms with Gasteiger partial charge in [-0.25, -0.2) is 12.7 Å². The molecule has 8 heteroatoms. The molecule has 6 nitrogen and oxygen atoms in total. The molecule has 2 rings (SSSR count). The lowest BCUT2D eigenvalue weighted by molar-refractivity contribution is -0.115. The highest BCUT2D eigenvalue weighted by Crippen LogP contribution is 2.26. The molecule has 0 spiro atoms. The first kappa shape index (κ1) is 22.4. The maximum Gasteiger partial charge on any atom is 0.242 e. The van der Waals surface area contributed by atoms with Crippen LogP contribution in [0.1, 0.15) is 25.5 Å². The molecule has 0 aliphatic carbocycles. The Kier molecular flexibility index (Phi) is 7.60. The van der Waals surface area contributed by atoms with E-state index >= 15 is 0 Å². The van der Waals surface area contributed by atoms with Crippen LogP contribution in [0.2, 0.25) is 5.02 Å². The molecule has 0 saturated heterocycles. The summed E-state index contributed by atoms with van der Waals surface area (Å²) >= 11 is 6.14. The Morgan fingerprint density at radius 3 is 2.32 bits per heavy atom. The summed E-state index contributed by atoms with van der Waals surface area (Å²) in [4.78, 5) is 12.5. The largest absolute Gasteiger partial charge is 0.324 e. The smallest absolute Gasteiger partial charge is 0.242 e. The number of carbonyl (C=O) groups is 1. The number of benzene rings is 2. The molecule has 0 aliphatic heterocycles. The van der Waals surface area contributed by atoms with E-state index in [4.69, 9.17) is 11.6 Å². The van der Waals surface area contributed by atoms with Crippen molar-refractivity contribution in [1.29, 1.82) is 0 Å². The quantitative estimate of drug-likeness (QED) is 0.680. The van der Waals surface area contributed by atoms with Crippen LogP contribution < -0.4 is 10.6 Å². The molecule has 0 unspecified atom stereocenters. The molecule has 0 heterocycles. The third-order valence-electron chi connectivity index (χ3n) is 4.30. The van der Waals surface area contributed by atoms with Crippen LogP contribution in [0, 0.1) is 5.92 Å². The maximum atomic E-state index is 12.4. The van der Waals surface area contributed by atoms with E-state index in [1.807, 2.05) is 30.3 Å². The van der Waals surface area contributed by atoms with Crippen LogP contribution in [0.15, 0.2) is 53.4 Å². The van der Waals surface area contributed by atoms with E-state index < -0.39 is 10.0 Å². The van der Waals surface area contributed by atoms with Gasteiger partial charge in [-0.3, -0.25) is 4.79 Å². The minimum atomic E-state index is -3.62. The van der Waals surface area contributed by atoms with Gasteiger partial charge in [-0.05, 0) is 29.7 Å². The van der Waals surface area contributed by atoms with Gasteiger partial charge in [0, 0.05) is 20.1 Å². The molecule has 2 aromatic carbocycles. The number of hydrogen-bond acceptors (Lipinski definition) is 4. The Morgan fingerprint density at radius 1 is 1.11 bits per heavy atom. The first-order chi connectivity index (χ1) is 13.1. The van der Waals surface area contributed by atoms with Gasteiger partial charge in [0.25, 0.3) is 0 Å². The summed E-state index contributed by atoms with van der Waals surface area (Å²) in [5.74, 6) is -0.0183. The van der Waals surface area contributed by atoms with Crippen LogP contribution in [-0.2, 0) is 14.8 Å². The van der Waals surface area contributed by atoms with Gasteiger partial charge in [0.1, 0.15) is 0 Å². The van der Waals surface area contributed by atoms with Crippen molar-refractivity contribution in [2.24, 2.45) is 5.92 Å². The molecule has 0 bridgehead atoms. The van der Waals surface area contributed by atoms with Crippen LogP contribution in [0.5, 0.6) is 0 Å². The van der Waals surface area contributed by atoms with Crippen LogP contribution in [-0.4, -0.2) is 39.3 Å². The Balaban J connectivity index is 2.10. The zero-order valence-electron chi connectivity index (χ0n) is 16.4. The minimum Gasteiger partial charge on any atom is -0.324 e. The van der Waals surface area contributed by atoms with E-state index in [0.717, 1.165) is 9.87 Å². The normalized spacial score (nSPS) is 13.0. The predicted octanol–water partition coefficient (Wildman–Crippen LogP) is 3.52. The van der Waals surface area contributed by atoms with E-state index in [0.29, 0.717) is 0 Å². The number of amides is 1. The number of sulfonamides is 1. The van der Waals surface area contributed by atoms with Gasteiger partial charge in [-0.2, -0.15) is 0 Å². The SMILES string of the molecule is CC(C)[C@H](NCC(=O)Nc1cc(S(=O)(=O)N(C)C)ccc1Cl)c1ccccc1. The summed E-state index contributed by atoms with van der Waals surface area (Å²) < 4.78 is 25.7. The lowest BCUT2D eigenvalue weighted by atomic mass is 9.96. The second-order valence-corrected chi connectivity index (χ2v) is 9.55. The summed E-state index contributed by atoms with van der Waals surface area (Å²) in [5, 5.41) is 6.22. The third kappa shape index (κ3) is 5.54. The molecule has 152 valence electrons. The Morgan fingerprint density at radius 2 is 1.75 bits per heavy atom. The van der Waals surface area contributed by atoms with E-state index in [1.165, 1.54) is 32.3 Å². The van der Waals surface area contributed by atoms with Gasteiger partial charge in [0.15, 0.2) is 0 Å². The number of anilines is 1. The number of rotatable bonds is 8. The van der Waals surface area contributed by atoms with E-state index in [1.54, 1.807) is 0 Å². The number of nitrogens with one attached hydrogen (secondary N) is 2. The van der Waals surface area contributed by atoms with Gasteiger partial charge < -0.3 is 10.6 Å². The minimum absolute atomic E-state index is 0.0166. The van der Waals surface area contributed by atoms with Gasteiger partial charge >= 0.3 is 0 Å². The lowest BCUT2D eigenvalue weighted by Crippen LogP contribution is -2.33. The highest BCUT2D eigenvalue weighted by atomic mass is 35.5. The first-order valence-electron chi connectivity index (χ1n) is 8.93. The maximum absolute atomic E-state index is 12.4. The number of hydrogen-bond donors (Lipinski definition) is 2. The Hall–Kier alpha value is -1.93. The van der Waals surface area contributed by atoms with Crippen LogP contribution >= 0.6 is 11.6 Å². The average Bonchev–Trinajstić information content (AvgIpc) is 2.64. The monoisotopic (exact) mass is 423 g/mol. The van der Waals surface area contributed by atoms with Crippen molar-refractivity contribution in [1.82, 2.24) is 9.62 Å². The topological polar surface area (TPSA) is 78.5 Å². The summed E-state index contributed by atoms with van der Waals surface area (Å²) in [6.07, 6.45) is 0. The van der Waals surface area contributed by atoms with Gasteiger partial charge in [0.2, 0.25) is 15.9 Å². The zero-order valence-corrected chi connectivity index (χ0v) is 18.0. The molecule has 0 aromatic heterocycles. The molecule has 2 N–H and O–H groups in total. The highest BCUT2D eigenvalue weighted by molar-refractivity contribution is 7.89. The Labute approximate surface area is 171 Å². The number of nitrogens with zero attached hydrogens (tertiary/aromatic N) is 1. The van der Waals surface area contributed by atoms with Crippen LogP contribution in [0.3, 0.4) is 0 Å². The molecule has 2 aromatic rings. The second-order valence-electron chi connectivity index (χ2n) is 6.99. The molecular formula is C20H26ClN3O3S. The van der Waals surface area contributed by atoms with E-state index in [9.17, 15) is 13.2 Å². The molecule has 0 radical (unpaired) electrons. The van der Waals surface area contributed by atoms with Gasteiger partial charge in [0.05, 0.1) is 22.2 Å². The molecule has 28 heavy (non-hydrogen) atoms. The fraction of sp³-hybridized carbons (Fsp3) is 0.350. The highest BCUT2D eigenvalue weighted by Gasteiger charge is 2.20.